The van der Waals surface area contributed by atoms with E-state index in [1.54, 1.807) is 33.5 Å². The molecule has 0 aliphatic carbocycles. The molecular formula is C23H28N2O4. The Labute approximate surface area is 171 Å². The molecule has 2 aromatic carbocycles. The lowest BCUT2D eigenvalue weighted by atomic mass is 9.99. The molecule has 0 saturated heterocycles. The van der Waals surface area contributed by atoms with Gasteiger partial charge < -0.3 is 24.5 Å². The Hall–Kier alpha value is -3.15. The third-order valence-corrected chi connectivity index (χ3v) is 5.14. The fourth-order valence-electron chi connectivity index (χ4n) is 3.39. The summed E-state index contributed by atoms with van der Waals surface area (Å²) in [5, 5.41) is 3.80. The number of nitrogens with one attached hydrogen (secondary N) is 2. The zero-order valence-electron chi connectivity index (χ0n) is 17.8. The van der Waals surface area contributed by atoms with Crippen LogP contribution in [0.25, 0.3) is 10.9 Å². The number of ether oxygens (including phenoxy) is 3. The molecule has 0 aliphatic rings. The van der Waals surface area contributed by atoms with Gasteiger partial charge in [0.25, 0.3) is 5.91 Å². The number of hydrogen-bond donors (Lipinski definition) is 2. The van der Waals surface area contributed by atoms with Crippen molar-refractivity contribution in [2.75, 3.05) is 21.3 Å². The SMILES string of the molecule is COc1cc(OC)c2cc(C(=O)NC(C)c3ccc(C(C)C)cc3)[nH]c2c1OC. The van der Waals surface area contributed by atoms with Gasteiger partial charge in [-0.05, 0) is 30.0 Å². The fraction of sp³-hybridized carbons (Fsp3) is 0.348. The number of aromatic nitrogens is 1. The molecule has 2 N–H and O–H groups in total. The van der Waals surface area contributed by atoms with Crippen LogP contribution < -0.4 is 19.5 Å². The first-order valence-corrected chi connectivity index (χ1v) is 9.62. The average molecular weight is 396 g/mol. The first-order valence-electron chi connectivity index (χ1n) is 9.62. The maximum absolute atomic E-state index is 12.9. The van der Waals surface area contributed by atoms with Gasteiger partial charge in [0.15, 0.2) is 11.5 Å². The molecule has 1 aromatic heterocycles. The second-order valence-corrected chi connectivity index (χ2v) is 7.30. The molecule has 0 fully saturated rings. The molecule has 0 bridgehead atoms. The first kappa shape index (κ1) is 20.6. The molecule has 3 rings (SSSR count). The van der Waals surface area contributed by atoms with Gasteiger partial charge in [-0.25, -0.2) is 0 Å². The Kier molecular flexibility index (Phi) is 6.01. The number of carbonyl (C=O) groups is 1. The molecule has 0 aliphatic heterocycles. The predicted molar refractivity (Wildman–Crippen MR) is 114 cm³/mol. The fourth-order valence-corrected chi connectivity index (χ4v) is 3.39. The van der Waals surface area contributed by atoms with Gasteiger partial charge in [-0.3, -0.25) is 4.79 Å². The maximum Gasteiger partial charge on any atom is 0.268 e. The van der Waals surface area contributed by atoms with Crippen molar-refractivity contribution in [3.8, 4) is 17.2 Å². The smallest absolute Gasteiger partial charge is 0.268 e. The highest BCUT2D eigenvalue weighted by Gasteiger charge is 2.20. The zero-order valence-corrected chi connectivity index (χ0v) is 17.8. The van der Waals surface area contributed by atoms with E-state index >= 15 is 0 Å². The largest absolute Gasteiger partial charge is 0.496 e. The average Bonchev–Trinajstić information content (AvgIpc) is 3.17. The lowest BCUT2D eigenvalue weighted by Crippen LogP contribution is -2.26. The Morgan fingerprint density at radius 1 is 0.897 bits per heavy atom. The number of rotatable bonds is 7. The van der Waals surface area contributed by atoms with E-state index in [4.69, 9.17) is 14.2 Å². The monoisotopic (exact) mass is 396 g/mol. The van der Waals surface area contributed by atoms with Gasteiger partial charge in [-0.1, -0.05) is 38.1 Å². The zero-order chi connectivity index (χ0) is 21.1. The van der Waals surface area contributed by atoms with E-state index in [1.165, 1.54) is 5.56 Å². The van der Waals surface area contributed by atoms with Gasteiger partial charge >= 0.3 is 0 Å². The van der Waals surface area contributed by atoms with E-state index in [9.17, 15) is 4.79 Å². The van der Waals surface area contributed by atoms with Gasteiger partial charge in [-0.2, -0.15) is 0 Å². The molecule has 1 atom stereocenters. The molecule has 1 amide bonds. The van der Waals surface area contributed by atoms with Crippen LogP contribution in [0.2, 0.25) is 0 Å². The molecule has 3 aromatic rings. The maximum atomic E-state index is 12.9. The van der Waals surface area contributed by atoms with Gasteiger partial charge in [-0.15, -0.1) is 0 Å². The van der Waals surface area contributed by atoms with Gasteiger partial charge in [0.05, 0.1) is 32.9 Å². The summed E-state index contributed by atoms with van der Waals surface area (Å²) in [4.78, 5) is 16.0. The van der Waals surface area contributed by atoms with Crippen LogP contribution in [0.1, 0.15) is 54.3 Å². The number of aromatic amines is 1. The summed E-state index contributed by atoms with van der Waals surface area (Å²) < 4.78 is 16.3. The third-order valence-electron chi connectivity index (χ3n) is 5.14. The van der Waals surface area contributed by atoms with Crippen molar-refractivity contribution in [2.24, 2.45) is 0 Å². The summed E-state index contributed by atoms with van der Waals surface area (Å²) in [7, 11) is 4.70. The Bertz CT molecular complexity index is 1010. The Balaban J connectivity index is 1.88. The number of carbonyl (C=O) groups excluding carboxylic acids is 1. The molecule has 0 saturated carbocycles. The topological polar surface area (TPSA) is 72.6 Å². The molecule has 1 heterocycles. The highest BCUT2D eigenvalue weighted by atomic mass is 16.5. The number of hydrogen-bond acceptors (Lipinski definition) is 4. The lowest BCUT2D eigenvalue weighted by molar-refractivity contribution is 0.0935. The van der Waals surface area contributed by atoms with Crippen LogP contribution in [0.3, 0.4) is 0 Å². The predicted octanol–water partition coefficient (Wildman–Crippen LogP) is 4.81. The van der Waals surface area contributed by atoms with Crippen molar-refractivity contribution in [1.82, 2.24) is 10.3 Å². The summed E-state index contributed by atoms with van der Waals surface area (Å²) in [5.41, 5.74) is 3.41. The first-order chi connectivity index (χ1) is 13.9. The molecule has 29 heavy (non-hydrogen) atoms. The van der Waals surface area contributed by atoms with Crippen LogP contribution in [0.4, 0.5) is 0 Å². The Morgan fingerprint density at radius 2 is 1.52 bits per heavy atom. The van der Waals surface area contributed by atoms with E-state index in [0.717, 1.165) is 10.9 Å². The van der Waals surface area contributed by atoms with E-state index in [2.05, 4.69) is 48.4 Å². The van der Waals surface area contributed by atoms with Gasteiger partial charge in [0, 0.05) is 11.5 Å². The van der Waals surface area contributed by atoms with Crippen molar-refractivity contribution in [3.63, 3.8) is 0 Å². The van der Waals surface area contributed by atoms with E-state index in [-0.39, 0.29) is 11.9 Å². The molecule has 6 heteroatoms. The number of fused-ring (bicyclic) bond motifs is 1. The van der Waals surface area contributed by atoms with Crippen LogP contribution in [0.5, 0.6) is 17.2 Å². The summed E-state index contributed by atoms with van der Waals surface area (Å²) in [6.07, 6.45) is 0. The second kappa shape index (κ2) is 8.47. The van der Waals surface area contributed by atoms with Crippen LogP contribution >= 0.6 is 0 Å². The normalized spacial score (nSPS) is 12.1. The van der Waals surface area contributed by atoms with Crippen LogP contribution in [-0.4, -0.2) is 32.2 Å². The summed E-state index contributed by atoms with van der Waals surface area (Å²) >= 11 is 0. The molecule has 0 spiro atoms. The van der Waals surface area contributed by atoms with Crippen molar-refractivity contribution in [3.05, 3.63) is 53.2 Å². The number of benzene rings is 2. The van der Waals surface area contributed by atoms with E-state index in [1.807, 2.05) is 6.92 Å². The highest BCUT2D eigenvalue weighted by molar-refractivity contribution is 6.02. The minimum absolute atomic E-state index is 0.131. The number of H-pyrrole nitrogens is 1. The van der Waals surface area contributed by atoms with Crippen LogP contribution in [-0.2, 0) is 0 Å². The summed E-state index contributed by atoms with van der Waals surface area (Å²) in [5.74, 6) is 1.93. The summed E-state index contributed by atoms with van der Waals surface area (Å²) in [6.45, 7) is 6.29. The van der Waals surface area contributed by atoms with Crippen LogP contribution in [0, 0.1) is 0 Å². The summed E-state index contributed by atoms with van der Waals surface area (Å²) in [6, 6.07) is 11.7. The quantitative estimate of drug-likeness (QED) is 0.601. The molecule has 1 unspecified atom stereocenters. The Morgan fingerprint density at radius 3 is 2.07 bits per heavy atom. The van der Waals surface area contributed by atoms with Gasteiger partial charge in [0.1, 0.15) is 11.4 Å². The minimum atomic E-state index is -0.204. The van der Waals surface area contributed by atoms with E-state index in [0.29, 0.717) is 34.4 Å². The molecule has 154 valence electrons. The standard InChI is InChI=1S/C23H28N2O4/c1-13(2)15-7-9-16(10-8-15)14(3)24-23(26)18-11-17-19(27-4)12-20(28-5)22(29-6)21(17)25-18/h7-14,25H,1-6H3,(H,24,26). The van der Waals surface area contributed by atoms with Crippen molar-refractivity contribution in [2.45, 2.75) is 32.7 Å². The number of amides is 1. The van der Waals surface area contributed by atoms with Crippen molar-refractivity contribution in [1.29, 1.82) is 0 Å². The van der Waals surface area contributed by atoms with Crippen LogP contribution in [0.15, 0.2) is 36.4 Å². The number of methoxy groups -OCH3 is 3. The van der Waals surface area contributed by atoms with E-state index < -0.39 is 0 Å². The van der Waals surface area contributed by atoms with Gasteiger partial charge in [0.2, 0.25) is 0 Å². The minimum Gasteiger partial charge on any atom is -0.496 e. The second-order valence-electron chi connectivity index (χ2n) is 7.30. The third kappa shape index (κ3) is 4.01. The highest BCUT2D eigenvalue weighted by Crippen LogP contribution is 2.41. The molecule has 6 nitrogen and oxygen atoms in total. The lowest BCUT2D eigenvalue weighted by Gasteiger charge is -2.15. The van der Waals surface area contributed by atoms with Crippen molar-refractivity contribution >= 4 is 16.8 Å². The molecular weight excluding hydrogens is 368 g/mol. The van der Waals surface area contributed by atoms with Crippen molar-refractivity contribution < 1.29 is 19.0 Å². The molecule has 0 radical (unpaired) electrons.